The van der Waals surface area contributed by atoms with E-state index in [2.05, 4.69) is 0 Å². The van der Waals surface area contributed by atoms with Gasteiger partial charge in [-0.15, -0.1) is 0 Å². The summed E-state index contributed by atoms with van der Waals surface area (Å²) in [7, 11) is 0. The van der Waals surface area contributed by atoms with Crippen molar-refractivity contribution in [1.82, 2.24) is 0 Å². The lowest BCUT2D eigenvalue weighted by Gasteiger charge is -2.26. The molecule has 17 heavy (non-hydrogen) atoms. The Morgan fingerprint density at radius 1 is 1.35 bits per heavy atom. The molecule has 3 atom stereocenters. The predicted molar refractivity (Wildman–Crippen MR) is 66.1 cm³/mol. The molecule has 3 heteroatoms. The third kappa shape index (κ3) is 2.61. The van der Waals surface area contributed by atoms with Gasteiger partial charge in [-0.3, -0.25) is 0 Å². The summed E-state index contributed by atoms with van der Waals surface area (Å²) < 4.78 is 5.76. The van der Waals surface area contributed by atoms with E-state index in [1.807, 2.05) is 25.1 Å². The fourth-order valence-corrected chi connectivity index (χ4v) is 2.20. The van der Waals surface area contributed by atoms with Gasteiger partial charge in [0.1, 0.15) is 11.9 Å². The van der Waals surface area contributed by atoms with E-state index in [-0.39, 0.29) is 12.2 Å². The fraction of sp³-hybridized carbons (Fsp3) is 0.571. The van der Waals surface area contributed by atoms with E-state index in [1.54, 1.807) is 6.92 Å². The number of aliphatic hydroxyl groups is 2. The van der Waals surface area contributed by atoms with Crippen LogP contribution in [0, 0.1) is 0 Å². The molecule has 0 radical (unpaired) electrons. The predicted octanol–water partition coefficient (Wildman–Crippen LogP) is 2.20. The maximum Gasteiger partial charge on any atom is 0.123 e. The second-order valence-electron chi connectivity index (χ2n) is 4.80. The molecule has 2 N–H and O–H groups in total. The summed E-state index contributed by atoms with van der Waals surface area (Å²) in [4.78, 5) is 0. The molecule has 3 nitrogen and oxygen atoms in total. The van der Waals surface area contributed by atoms with E-state index in [0.29, 0.717) is 0 Å². The second-order valence-corrected chi connectivity index (χ2v) is 4.80. The van der Waals surface area contributed by atoms with Crippen LogP contribution in [0.15, 0.2) is 18.2 Å². The van der Waals surface area contributed by atoms with Gasteiger partial charge >= 0.3 is 0 Å². The van der Waals surface area contributed by atoms with Gasteiger partial charge in [-0.2, -0.15) is 0 Å². The van der Waals surface area contributed by atoms with E-state index in [4.69, 9.17) is 4.74 Å². The van der Waals surface area contributed by atoms with Crippen molar-refractivity contribution in [2.45, 2.75) is 51.4 Å². The van der Waals surface area contributed by atoms with E-state index >= 15 is 0 Å². The highest BCUT2D eigenvalue weighted by molar-refractivity contribution is 5.43. The molecule has 0 fully saturated rings. The van der Waals surface area contributed by atoms with E-state index in [0.717, 1.165) is 36.1 Å². The quantitative estimate of drug-likeness (QED) is 0.846. The standard InChI is InChI=1S/C14H20O3/c1-9(15)10(2)17-14-8-4-5-11-12(14)6-3-7-13(11)16/h4-5,8-10,13,15-16H,3,6-7H2,1-2H3. The molecule has 3 unspecified atom stereocenters. The van der Waals surface area contributed by atoms with Crippen LogP contribution in [0.4, 0.5) is 0 Å². The SMILES string of the molecule is CC(O)C(C)Oc1cccc2c1CCCC2O. The van der Waals surface area contributed by atoms with Crippen LogP contribution in [0.5, 0.6) is 5.75 Å². The summed E-state index contributed by atoms with van der Waals surface area (Å²) in [6.07, 6.45) is 1.64. The number of fused-ring (bicyclic) bond motifs is 1. The van der Waals surface area contributed by atoms with Crippen LogP contribution in [0.2, 0.25) is 0 Å². The van der Waals surface area contributed by atoms with Crippen LogP contribution in [-0.2, 0) is 6.42 Å². The maximum atomic E-state index is 9.92. The van der Waals surface area contributed by atoms with Gasteiger partial charge in [0.05, 0.1) is 12.2 Å². The molecular weight excluding hydrogens is 216 g/mol. The molecule has 0 heterocycles. The van der Waals surface area contributed by atoms with Crippen molar-refractivity contribution in [3.8, 4) is 5.75 Å². The van der Waals surface area contributed by atoms with Crippen LogP contribution >= 0.6 is 0 Å². The third-order valence-corrected chi connectivity index (χ3v) is 3.42. The van der Waals surface area contributed by atoms with Gasteiger partial charge in [-0.1, -0.05) is 12.1 Å². The molecule has 1 aliphatic rings. The van der Waals surface area contributed by atoms with E-state index in [1.165, 1.54) is 0 Å². The first-order valence-corrected chi connectivity index (χ1v) is 6.24. The average Bonchev–Trinajstić information content (AvgIpc) is 2.30. The number of benzene rings is 1. The Balaban J connectivity index is 2.26. The second kappa shape index (κ2) is 5.07. The maximum absolute atomic E-state index is 9.92. The molecule has 0 amide bonds. The molecule has 0 saturated heterocycles. The van der Waals surface area contributed by atoms with Crippen LogP contribution in [0.1, 0.15) is 43.9 Å². The van der Waals surface area contributed by atoms with Gasteiger partial charge in [0, 0.05) is 0 Å². The van der Waals surface area contributed by atoms with E-state index < -0.39 is 6.10 Å². The van der Waals surface area contributed by atoms with Crippen molar-refractivity contribution in [2.24, 2.45) is 0 Å². The number of aliphatic hydroxyl groups excluding tert-OH is 2. The summed E-state index contributed by atoms with van der Waals surface area (Å²) in [6.45, 7) is 3.57. The highest BCUT2D eigenvalue weighted by Gasteiger charge is 2.22. The van der Waals surface area contributed by atoms with Gasteiger partial charge < -0.3 is 14.9 Å². The van der Waals surface area contributed by atoms with Crippen molar-refractivity contribution in [3.05, 3.63) is 29.3 Å². The summed E-state index contributed by atoms with van der Waals surface area (Å²) in [6, 6.07) is 5.77. The molecular formula is C14H20O3. The van der Waals surface area contributed by atoms with Crippen molar-refractivity contribution >= 4 is 0 Å². The Morgan fingerprint density at radius 3 is 2.82 bits per heavy atom. The van der Waals surface area contributed by atoms with Crippen molar-refractivity contribution in [1.29, 1.82) is 0 Å². The summed E-state index contributed by atoms with van der Waals surface area (Å²) in [5.41, 5.74) is 2.07. The van der Waals surface area contributed by atoms with Gasteiger partial charge in [-0.25, -0.2) is 0 Å². The van der Waals surface area contributed by atoms with Crippen LogP contribution in [-0.4, -0.2) is 22.4 Å². The van der Waals surface area contributed by atoms with Crippen molar-refractivity contribution in [3.63, 3.8) is 0 Å². The van der Waals surface area contributed by atoms with Gasteiger partial charge in [0.25, 0.3) is 0 Å². The van der Waals surface area contributed by atoms with Crippen molar-refractivity contribution < 1.29 is 14.9 Å². The lowest BCUT2D eigenvalue weighted by molar-refractivity contribution is 0.0590. The highest BCUT2D eigenvalue weighted by atomic mass is 16.5. The lowest BCUT2D eigenvalue weighted by Crippen LogP contribution is -2.26. The average molecular weight is 236 g/mol. The molecule has 2 rings (SSSR count). The number of rotatable bonds is 3. The number of hydrogen-bond donors (Lipinski definition) is 2. The zero-order valence-corrected chi connectivity index (χ0v) is 10.4. The Bertz CT molecular complexity index is 387. The molecule has 1 aliphatic carbocycles. The first kappa shape index (κ1) is 12.4. The molecule has 0 aromatic heterocycles. The zero-order chi connectivity index (χ0) is 12.4. The Morgan fingerprint density at radius 2 is 2.12 bits per heavy atom. The molecule has 1 aromatic carbocycles. The number of hydrogen-bond acceptors (Lipinski definition) is 3. The van der Waals surface area contributed by atoms with Crippen molar-refractivity contribution in [2.75, 3.05) is 0 Å². The molecule has 0 saturated carbocycles. The third-order valence-electron chi connectivity index (χ3n) is 3.42. The lowest BCUT2D eigenvalue weighted by atomic mass is 9.89. The Hall–Kier alpha value is -1.06. The molecule has 0 bridgehead atoms. The van der Waals surface area contributed by atoms with Gasteiger partial charge in [-0.05, 0) is 50.3 Å². The fourth-order valence-electron chi connectivity index (χ4n) is 2.20. The highest BCUT2D eigenvalue weighted by Crippen LogP contribution is 2.35. The smallest absolute Gasteiger partial charge is 0.123 e. The Kier molecular flexibility index (Phi) is 3.69. The first-order chi connectivity index (χ1) is 8.09. The minimum absolute atomic E-state index is 0.236. The van der Waals surface area contributed by atoms with Crippen LogP contribution in [0.3, 0.4) is 0 Å². The monoisotopic (exact) mass is 236 g/mol. The minimum Gasteiger partial charge on any atom is -0.488 e. The van der Waals surface area contributed by atoms with E-state index in [9.17, 15) is 10.2 Å². The molecule has 1 aromatic rings. The summed E-state index contributed by atoms with van der Waals surface area (Å²) >= 11 is 0. The van der Waals surface area contributed by atoms with Crippen LogP contribution < -0.4 is 4.74 Å². The number of ether oxygens (including phenoxy) is 1. The van der Waals surface area contributed by atoms with Crippen LogP contribution in [0.25, 0.3) is 0 Å². The largest absolute Gasteiger partial charge is 0.488 e. The first-order valence-electron chi connectivity index (χ1n) is 6.24. The Labute approximate surface area is 102 Å². The van der Waals surface area contributed by atoms with Gasteiger partial charge in [0.15, 0.2) is 0 Å². The zero-order valence-electron chi connectivity index (χ0n) is 10.4. The molecule has 94 valence electrons. The topological polar surface area (TPSA) is 49.7 Å². The van der Waals surface area contributed by atoms with Gasteiger partial charge in [0.2, 0.25) is 0 Å². The normalized spacial score (nSPS) is 22.7. The molecule has 0 spiro atoms. The molecule has 0 aliphatic heterocycles. The summed E-state index contributed by atoms with van der Waals surface area (Å²) in [5, 5.41) is 19.4. The summed E-state index contributed by atoms with van der Waals surface area (Å²) in [5.74, 6) is 0.801. The minimum atomic E-state index is -0.501.